The first-order chi connectivity index (χ1) is 15.7. The molecule has 2 heterocycles. The van der Waals surface area contributed by atoms with Crippen LogP contribution in [0.15, 0.2) is 79.0 Å². The van der Waals surface area contributed by atoms with Crippen molar-refractivity contribution in [2.75, 3.05) is 42.1 Å². The highest BCUT2D eigenvalue weighted by Gasteiger charge is 2.14. The molecular weight excluding hydrogens is 398 g/mol. The molecule has 1 fully saturated rings. The van der Waals surface area contributed by atoms with E-state index in [9.17, 15) is 4.79 Å². The minimum absolute atomic E-state index is 0.282. The van der Waals surface area contributed by atoms with E-state index in [2.05, 4.69) is 38.7 Å². The smallest absolute Gasteiger partial charge is 0.274 e. The Balaban J connectivity index is 1.38. The van der Waals surface area contributed by atoms with E-state index < -0.39 is 0 Å². The summed E-state index contributed by atoms with van der Waals surface area (Å²) in [6.07, 6.45) is 1.76. The number of carbonyl (C=O) groups excluding carboxylic acids is 1. The molecule has 1 saturated heterocycles. The first-order valence-electron chi connectivity index (χ1n) is 10.8. The Morgan fingerprint density at radius 2 is 1.72 bits per heavy atom. The van der Waals surface area contributed by atoms with Crippen LogP contribution in [0, 0.1) is 0 Å². The third-order valence-electron chi connectivity index (χ3n) is 5.83. The average Bonchev–Trinajstić information content (AvgIpc) is 2.85. The molecule has 32 heavy (non-hydrogen) atoms. The van der Waals surface area contributed by atoms with E-state index in [1.54, 1.807) is 6.20 Å². The zero-order chi connectivity index (χ0) is 21.9. The molecule has 3 aromatic carbocycles. The van der Waals surface area contributed by atoms with E-state index in [1.807, 2.05) is 54.6 Å². The quantitative estimate of drug-likeness (QED) is 0.430. The molecule has 1 aromatic heterocycles. The fourth-order valence-electron chi connectivity index (χ4n) is 4.03. The van der Waals surface area contributed by atoms with Crippen LogP contribution in [0.4, 0.5) is 17.1 Å². The molecule has 0 radical (unpaired) electrons. The Labute approximate surface area is 187 Å². The number of amides is 1. The molecule has 0 saturated carbocycles. The number of pyridine rings is 1. The second kappa shape index (κ2) is 8.69. The van der Waals surface area contributed by atoms with Gasteiger partial charge in [-0.15, -0.1) is 0 Å². The van der Waals surface area contributed by atoms with E-state index in [0.717, 1.165) is 48.1 Å². The van der Waals surface area contributed by atoms with Crippen LogP contribution in [-0.4, -0.2) is 37.1 Å². The highest BCUT2D eigenvalue weighted by molar-refractivity contribution is 6.06. The lowest BCUT2D eigenvalue weighted by Crippen LogP contribution is -2.43. The van der Waals surface area contributed by atoms with Crippen LogP contribution in [0.5, 0.6) is 0 Å². The number of hydrogen-bond donors (Lipinski definition) is 3. The number of rotatable bonds is 4. The molecule has 4 aromatic rings. The average molecular weight is 424 g/mol. The summed E-state index contributed by atoms with van der Waals surface area (Å²) >= 11 is 0. The molecule has 5 rings (SSSR count). The van der Waals surface area contributed by atoms with Gasteiger partial charge in [0.05, 0.1) is 11.4 Å². The second-order valence-electron chi connectivity index (χ2n) is 7.96. The predicted molar refractivity (Wildman–Crippen MR) is 131 cm³/mol. The Bertz CT molecular complexity index is 1270. The molecule has 0 atom stereocenters. The highest BCUT2D eigenvalue weighted by Crippen LogP contribution is 2.28. The van der Waals surface area contributed by atoms with E-state index in [1.165, 1.54) is 5.69 Å². The van der Waals surface area contributed by atoms with Crippen LogP contribution >= 0.6 is 0 Å². The van der Waals surface area contributed by atoms with Gasteiger partial charge in [0, 0.05) is 43.4 Å². The molecule has 1 aliphatic heterocycles. The zero-order valence-electron chi connectivity index (χ0n) is 17.7. The molecule has 0 unspecified atom stereocenters. The van der Waals surface area contributed by atoms with Crippen LogP contribution in [0.1, 0.15) is 10.5 Å². The molecule has 1 amide bonds. The number of aromatic nitrogens is 1. The summed E-state index contributed by atoms with van der Waals surface area (Å²) in [4.78, 5) is 19.7. The number of piperazine rings is 1. The molecule has 6 heteroatoms. The predicted octanol–water partition coefficient (Wildman–Crippen LogP) is 4.15. The summed E-state index contributed by atoms with van der Waals surface area (Å²) in [5.41, 5.74) is 10.8. The van der Waals surface area contributed by atoms with Gasteiger partial charge in [-0.05, 0) is 46.8 Å². The van der Waals surface area contributed by atoms with Crippen molar-refractivity contribution in [2.24, 2.45) is 0 Å². The van der Waals surface area contributed by atoms with Crippen LogP contribution in [0.3, 0.4) is 0 Å². The van der Waals surface area contributed by atoms with E-state index in [-0.39, 0.29) is 5.91 Å². The van der Waals surface area contributed by atoms with Gasteiger partial charge < -0.3 is 21.3 Å². The number of nitrogens with two attached hydrogens (primary N) is 1. The molecule has 0 spiro atoms. The Morgan fingerprint density at radius 1 is 0.906 bits per heavy atom. The standard InChI is InChI=1S/C26H25N5O/c27-23-9-7-19(18-4-2-1-3-5-18)15-24(23)30-26(32)25-16-20-6-8-22(14-21(20)17-29-25)31-12-10-28-11-13-31/h1-9,14-17,28H,10-13,27H2,(H,30,32). The Hall–Kier alpha value is -3.90. The Kier molecular flexibility index (Phi) is 5.44. The lowest BCUT2D eigenvalue weighted by Gasteiger charge is -2.29. The van der Waals surface area contributed by atoms with Crippen molar-refractivity contribution in [1.29, 1.82) is 0 Å². The Morgan fingerprint density at radius 3 is 2.53 bits per heavy atom. The zero-order valence-corrected chi connectivity index (χ0v) is 17.7. The highest BCUT2D eigenvalue weighted by atomic mass is 16.1. The SMILES string of the molecule is Nc1ccc(-c2ccccc2)cc1NC(=O)c1cc2ccc(N3CCNCC3)cc2cn1. The maximum Gasteiger partial charge on any atom is 0.274 e. The maximum atomic E-state index is 12.9. The molecular formula is C26H25N5O. The number of nitrogens with one attached hydrogen (secondary N) is 2. The van der Waals surface area contributed by atoms with Gasteiger partial charge >= 0.3 is 0 Å². The molecule has 0 aliphatic carbocycles. The maximum absolute atomic E-state index is 12.9. The van der Waals surface area contributed by atoms with Gasteiger partial charge in [0.1, 0.15) is 5.69 Å². The lowest BCUT2D eigenvalue weighted by atomic mass is 10.0. The lowest BCUT2D eigenvalue weighted by molar-refractivity contribution is 0.102. The summed E-state index contributed by atoms with van der Waals surface area (Å²) in [5.74, 6) is -0.282. The van der Waals surface area contributed by atoms with E-state index in [0.29, 0.717) is 17.1 Å². The third kappa shape index (κ3) is 4.13. The number of benzene rings is 3. The van der Waals surface area contributed by atoms with Crippen LogP contribution in [-0.2, 0) is 0 Å². The second-order valence-corrected chi connectivity index (χ2v) is 7.96. The van der Waals surface area contributed by atoms with E-state index in [4.69, 9.17) is 5.73 Å². The van der Waals surface area contributed by atoms with Crippen molar-refractivity contribution in [3.8, 4) is 11.1 Å². The van der Waals surface area contributed by atoms with Gasteiger partial charge in [-0.25, -0.2) is 0 Å². The fourth-order valence-corrected chi connectivity index (χ4v) is 4.03. The van der Waals surface area contributed by atoms with Crippen LogP contribution in [0.25, 0.3) is 21.9 Å². The number of nitrogens with zero attached hydrogens (tertiary/aromatic N) is 2. The molecule has 4 N–H and O–H groups in total. The summed E-state index contributed by atoms with van der Waals surface area (Å²) in [7, 11) is 0. The van der Waals surface area contributed by atoms with Gasteiger partial charge in [0.25, 0.3) is 5.91 Å². The summed E-state index contributed by atoms with van der Waals surface area (Å²) in [6, 6.07) is 23.8. The van der Waals surface area contributed by atoms with Crippen molar-refractivity contribution >= 4 is 33.7 Å². The molecule has 0 bridgehead atoms. The first kappa shape index (κ1) is 20.0. The minimum atomic E-state index is -0.282. The van der Waals surface area contributed by atoms with Crippen LogP contribution < -0.4 is 21.3 Å². The number of nitrogen functional groups attached to an aromatic ring is 1. The first-order valence-corrected chi connectivity index (χ1v) is 10.8. The molecule has 160 valence electrons. The fraction of sp³-hybridized carbons (Fsp3) is 0.154. The summed E-state index contributed by atoms with van der Waals surface area (Å²) in [6.45, 7) is 3.96. The van der Waals surface area contributed by atoms with Crippen molar-refractivity contribution in [3.63, 3.8) is 0 Å². The van der Waals surface area contributed by atoms with Gasteiger partial charge in [-0.2, -0.15) is 0 Å². The van der Waals surface area contributed by atoms with Gasteiger partial charge in [0.2, 0.25) is 0 Å². The normalized spacial score (nSPS) is 13.8. The van der Waals surface area contributed by atoms with Gasteiger partial charge in [-0.3, -0.25) is 9.78 Å². The van der Waals surface area contributed by atoms with Crippen molar-refractivity contribution < 1.29 is 4.79 Å². The minimum Gasteiger partial charge on any atom is -0.397 e. The molecule has 6 nitrogen and oxygen atoms in total. The molecule has 1 aliphatic rings. The van der Waals surface area contributed by atoms with Crippen molar-refractivity contribution in [1.82, 2.24) is 10.3 Å². The largest absolute Gasteiger partial charge is 0.397 e. The monoisotopic (exact) mass is 423 g/mol. The van der Waals surface area contributed by atoms with Crippen molar-refractivity contribution in [2.45, 2.75) is 0 Å². The topological polar surface area (TPSA) is 83.3 Å². The summed E-state index contributed by atoms with van der Waals surface area (Å²) in [5, 5.41) is 8.29. The number of fused-ring (bicyclic) bond motifs is 1. The van der Waals surface area contributed by atoms with E-state index >= 15 is 0 Å². The number of hydrogen-bond acceptors (Lipinski definition) is 5. The van der Waals surface area contributed by atoms with Gasteiger partial charge in [-0.1, -0.05) is 42.5 Å². The number of anilines is 3. The third-order valence-corrected chi connectivity index (χ3v) is 5.83. The number of carbonyl (C=O) groups is 1. The van der Waals surface area contributed by atoms with Gasteiger partial charge in [0.15, 0.2) is 0 Å². The van der Waals surface area contributed by atoms with Crippen molar-refractivity contribution in [3.05, 3.63) is 84.7 Å². The van der Waals surface area contributed by atoms with Crippen LogP contribution in [0.2, 0.25) is 0 Å². The summed E-state index contributed by atoms with van der Waals surface area (Å²) < 4.78 is 0.